The Hall–Kier alpha value is -2.84. The first-order valence-corrected chi connectivity index (χ1v) is 11.0. The highest BCUT2D eigenvalue weighted by Crippen LogP contribution is 2.39. The molecule has 0 saturated heterocycles. The predicted octanol–water partition coefficient (Wildman–Crippen LogP) is 4.93. The molecule has 32 heavy (non-hydrogen) atoms. The van der Waals surface area contributed by atoms with E-state index in [4.69, 9.17) is 4.74 Å². The highest BCUT2D eigenvalue weighted by Gasteiger charge is 2.33. The third kappa shape index (κ3) is 5.69. The number of benzene rings is 1. The quantitative estimate of drug-likeness (QED) is 0.352. The first-order chi connectivity index (χ1) is 15.2. The van der Waals surface area contributed by atoms with Crippen molar-refractivity contribution >= 4 is 44.9 Å². The summed E-state index contributed by atoms with van der Waals surface area (Å²) in [6.45, 7) is 2.46. The van der Waals surface area contributed by atoms with E-state index >= 15 is 0 Å². The van der Waals surface area contributed by atoms with Crippen LogP contribution in [0.25, 0.3) is 5.65 Å². The minimum atomic E-state index is -4.48. The fraction of sp³-hybridized carbons (Fsp3) is 0.238. The van der Waals surface area contributed by atoms with E-state index in [9.17, 15) is 18.0 Å². The smallest absolute Gasteiger partial charge is 0.447 e. The lowest BCUT2D eigenvalue weighted by Crippen LogP contribution is -2.22. The number of carbonyl (C=O) groups is 1. The molecule has 0 spiro atoms. The normalized spacial score (nSPS) is 11.1. The van der Waals surface area contributed by atoms with Crippen molar-refractivity contribution in [3.8, 4) is 17.6 Å². The van der Waals surface area contributed by atoms with Gasteiger partial charge >= 0.3 is 5.51 Å². The van der Waals surface area contributed by atoms with Crippen LogP contribution in [0.4, 0.5) is 18.9 Å². The zero-order chi connectivity index (χ0) is 23.3. The van der Waals surface area contributed by atoms with Gasteiger partial charge in [-0.05, 0) is 59.1 Å². The maximum atomic E-state index is 13.1. The Kier molecular flexibility index (Phi) is 7.58. The number of amides is 1. The van der Waals surface area contributed by atoms with Gasteiger partial charge in [-0.3, -0.25) is 9.20 Å². The van der Waals surface area contributed by atoms with Gasteiger partial charge in [-0.1, -0.05) is 5.92 Å². The maximum absolute atomic E-state index is 13.1. The monoisotopic (exact) mass is 526 g/mol. The van der Waals surface area contributed by atoms with Crippen LogP contribution in [0.15, 0.2) is 46.0 Å². The molecule has 0 aliphatic heterocycles. The van der Waals surface area contributed by atoms with Crippen molar-refractivity contribution in [2.24, 2.45) is 0 Å². The summed E-state index contributed by atoms with van der Waals surface area (Å²) < 4.78 is 46.4. The number of hydrogen-bond donors (Lipinski definition) is 2. The molecule has 0 fully saturated rings. The average Bonchev–Trinajstić information content (AvgIpc) is 3.08. The van der Waals surface area contributed by atoms with Gasteiger partial charge < -0.3 is 15.4 Å². The van der Waals surface area contributed by atoms with E-state index < -0.39 is 5.51 Å². The van der Waals surface area contributed by atoms with Crippen LogP contribution in [-0.2, 0) is 0 Å². The summed E-state index contributed by atoms with van der Waals surface area (Å²) in [5.74, 6) is 5.74. The lowest BCUT2D eigenvalue weighted by Gasteiger charge is -2.11. The van der Waals surface area contributed by atoms with Gasteiger partial charge in [-0.15, -0.1) is 0 Å². The van der Waals surface area contributed by atoms with Crippen LogP contribution in [0.5, 0.6) is 5.75 Å². The van der Waals surface area contributed by atoms with Gasteiger partial charge in [0, 0.05) is 30.1 Å². The van der Waals surface area contributed by atoms with Gasteiger partial charge in [0.05, 0.1) is 23.8 Å². The average molecular weight is 527 g/mol. The molecule has 2 N–H and O–H groups in total. The maximum Gasteiger partial charge on any atom is 0.447 e. The Labute approximate surface area is 195 Å². The number of nitrogens with zero attached hydrogens (tertiary/aromatic N) is 2. The van der Waals surface area contributed by atoms with E-state index in [-0.39, 0.29) is 34.9 Å². The summed E-state index contributed by atoms with van der Waals surface area (Å²) in [7, 11) is 1.48. The molecule has 3 rings (SSSR count). The molecule has 0 atom stereocenters. The number of anilines is 1. The summed E-state index contributed by atoms with van der Waals surface area (Å²) in [4.78, 5) is 16.2. The predicted molar refractivity (Wildman–Crippen MR) is 121 cm³/mol. The minimum Gasteiger partial charge on any atom is -0.495 e. The van der Waals surface area contributed by atoms with Crippen molar-refractivity contribution in [2.45, 2.75) is 17.5 Å². The lowest BCUT2D eigenvalue weighted by atomic mass is 10.1. The Balaban J connectivity index is 1.82. The van der Waals surface area contributed by atoms with Crippen molar-refractivity contribution in [1.29, 1.82) is 0 Å². The number of hydrogen-bond acceptors (Lipinski definition) is 5. The lowest BCUT2D eigenvalue weighted by molar-refractivity contribution is -0.0330. The van der Waals surface area contributed by atoms with E-state index in [0.29, 0.717) is 33.7 Å². The summed E-state index contributed by atoms with van der Waals surface area (Å²) in [5, 5.41) is 5.64. The SMILES string of the molecule is CCNC(=O)c1ccc(NCC#Cc2nc3c(Br)cccn3c2SC(F)(F)F)c(OC)c1. The highest BCUT2D eigenvalue weighted by molar-refractivity contribution is 9.10. The van der Waals surface area contributed by atoms with Gasteiger partial charge in [0.1, 0.15) is 16.5 Å². The van der Waals surface area contributed by atoms with Gasteiger partial charge in [0.15, 0.2) is 5.65 Å². The van der Waals surface area contributed by atoms with E-state index in [2.05, 4.69) is 43.4 Å². The number of rotatable bonds is 6. The molecule has 0 aliphatic carbocycles. The third-order valence-corrected chi connectivity index (χ3v) is 5.58. The number of carbonyl (C=O) groups excluding carboxylic acids is 1. The standard InChI is InChI=1S/C21H18BrF3N4O2S/c1-3-26-19(30)13-8-9-15(17(12-13)31-2)27-10-4-7-16-20(32-21(23,24)25)29-11-5-6-14(22)18(29)28-16/h5-6,8-9,11-12,27H,3,10H2,1-2H3,(H,26,30). The van der Waals surface area contributed by atoms with Crippen molar-refractivity contribution in [3.05, 3.63) is 52.3 Å². The number of alkyl halides is 3. The summed E-state index contributed by atoms with van der Waals surface area (Å²) in [6.07, 6.45) is 1.51. The number of imidazole rings is 1. The molecule has 0 bridgehead atoms. The Morgan fingerprint density at radius 3 is 2.81 bits per heavy atom. The van der Waals surface area contributed by atoms with Crippen molar-refractivity contribution in [1.82, 2.24) is 14.7 Å². The van der Waals surface area contributed by atoms with E-state index in [1.54, 1.807) is 30.3 Å². The van der Waals surface area contributed by atoms with Crippen LogP contribution in [0.3, 0.4) is 0 Å². The number of nitrogens with one attached hydrogen (secondary N) is 2. The number of fused-ring (bicyclic) bond motifs is 1. The number of thioether (sulfide) groups is 1. The summed E-state index contributed by atoms with van der Waals surface area (Å²) in [6, 6.07) is 8.23. The molecule has 0 radical (unpaired) electrons. The minimum absolute atomic E-state index is 0.0274. The molecule has 11 heteroatoms. The first kappa shape index (κ1) is 23.8. The van der Waals surface area contributed by atoms with Crippen LogP contribution >= 0.6 is 27.7 Å². The fourth-order valence-electron chi connectivity index (χ4n) is 2.81. The Morgan fingerprint density at radius 2 is 2.12 bits per heavy atom. The van der Waals surface area contributed by atoms with Gasteiger partial charge in [-0.25, -0.2) is 4.98 Å². The Morgan fingerprint density at radius 1 is 1.34 bits per heavy atom. The second-order valence-corrected chi connectivity index (χ2v) is 8.20. The van der Waals surface area contributed by atoms with Crippen LogP contribution < -0.4 is 15.4 Å². The highest BCUT2D eigenvalue weighted by atomic mass is 79.9. The second-order valence-electron chi connectivity index (χ2n) is 6.29. The number of aromatic nitrogens is 2. The van der Waals surface area contributed by atoms with Crippen molar-refractivity contribution < 1.29 is 22.7 Å². The third-order valence-electron chi connectivity index (χ3n) is 4.15. The van der Waals surface area contributed by atoms with Gasteiger partial charge in [0.2, 0.25) is 0 Å². The molecule has 2 heterocycles. The summed E-state index contributed by atoms with van der Waals surface area (Å²) >= 11 is 3.04. The zero-order valence-electron chi connectivity index (χ0n) is 17.0. The van der Waals surface area contributed by atoms with Crippen LogP contribution in [0, 0.1) is 11.8 Å². The molecule has 2 aromatic heterocycles. The van der Waals surface area contributed by atoms with Crippen molar-refractivity contribution in [2.75, 3.05) is 25.5 Å². The van der Waals surface area contributed by atoms with E-state index in [1.807, 2.05) is 6.92 Å². The number of halogens is 4. The van der Waals surface area contributed by atoms with Gasteiger partial charge in [-0.2, -0.15) is 13.2 Å². The molecule has 168 valence electrons. The molecule has 3 aromatic rings. The molecular weight excluding hydrogens is 509 g/mol. The van der Waals surface area contributed by atoms with E-state index in [1.165, 1.54) is 17.7 Å². The zero-order valence-corrected chi connectivity index (χ0v) is 19.4. The van der Waals surface area contributed by atoms with Crippen LogP contribution in [-0.4, -0.2) is 41.0 Å². The molecule has 6 nitrogen and oxygen atoms in total. The molecule has 0 saturated carbocycles. The van der Waals surface area contributed by atoms with Crippen LogP contribution in [0.1, 0.15) is 23.0 Å². The Bertz CT molecular complexity index is 1200. The van der Waals surface area contributed by atoms with Crippen molar-refractivity contribution in [3.63, 3.8) is 0 Å². The topological polar surface area (TPSA) is 67.7 Å². The molecule has 1 aromatic carbocycles. The molecular formula is C21H18BrF3N4O2S. The van der Waals surface area contributed by atoms with Crippen LogP contribution in [0.2, 0.25) is 0 Å². The largest absolute Gasteiger partial charge is 0.495 e. The van der Waals surface area contributed by atoms with E-state index in [0.717, 1.165) is 0 Å². The number of ether oxygens (including phenoxy) is 1. The summed E-state index contributed by atoms with van der Waals surface area (Å²) in [5.41, 5.74) is -3.06. The molecule has 0 aliphatic rings. The molecule has 0 unspecified atom stereocenters. The second kappa shape index (κ2) is 10.2. The number of methoxy groups -OCH3 is 1. The van der Waals surface area contributed by atoms with Gasteiger partial charge in [0.25, 0.3) is 5.91 Å². The first-order valence-electron chi connectivity index (χ1n) is 9.34. The molecule has 1 amide bonds. The fourth-order valence-corrected chi connectivity index (χ4v) is 3.90. The number of pyridine rings is 1.